The van der Waals surface area contributed by atoms with E-state index >= 15 is 0 Å². The zero-order valence-corrected chi connectivity index (χ0v) is 4.20. The number of hydrogen-bond donors (Lipinski definition) is 2. The molecule has 0 aliphatic carbocycles. The van der Waals surface area contributed by atoms with Gasteiger partial charge in [0.15, 0.2) is 0 Å². The highest BCUT2D eigenvalue weighted by molar-refractivity contribution is 5.90. The molecule has 2 N–H and O–H groups in total. The molecule has 0 rings (SSSR count). The lowest BCUT2D eigenvalue weighted by Gasteiger charge is -1.90. The molecule has 8 heavy (non-hydrogen) atoms. The Morgan fingerprint density at radius 3 is 2.25 bits per heavy atom. The van der Waals surface area contributed by atoms with E-state index in [0.717, 1.165) is 7.05 Å². The van der Waals surface area contributed by atoms with Crippen LogP contribution < -0.4 is 5.32 Å². The first-order valence-electron chi connectivity index (χ1n) is 1.80. The molecular weight excluding hydrogens is 116 g/mol. The summed E-state index contributed by atoms with van der Waals surface area (Å²) in [5.41, 5.74) is 0. The number of nitrogens with one attached hydrogen (secondary N) is 2. The molecule has 0 aliphatic heterocycles. The minimum atomic E-state index is -1.45. The van der Waals surface area contributed by atoms with Gasteiger partial charge in [0.05, 0.1) is 0 Å². The fraction of sp³-hybridized carbons (Fsp3) is 0.333. The summed E-state index contributed by atoms with van der Waals surface area (Å²) in [7, 11) is 1.14. The van der Waals surface area contributed by atoms with Crippen LogP contribution in [0.5, 0.6) is 0 Å². The van der Waals surface area contributed by atoms with E-state index in [1.807, 2.05) is 0 Å². The van der Waals surface area contributed by atoms with Crippen molar-refractivity contribution in [2.75, 3.05) is 7.05 Å². The van der Waals surface area contributed by atoms with Gasteiger partial charge in [0.1, 0.15) is 0 Å². The van der Waals surface area contributed by atoms with Gasteiger partial charge >= 0.3 is 0 Å². The summed E-state index contributed by atoms with van der Waals surface area (Å²) in [6.07, 6.45) is -2.55. The first kappa shape index (κ1) is 7.00. The summed E-state index contributed by atoms with van der Waals surface area (Å²) < 4.78 is 22.9. The molecule has 0 aromatic rings. The average Bonchev–Trinajstić information content (AvgIpc) is 1.65. The smallest absolute Gasteiger partial charge is 0.277 e. The molecule has 0 unspecified atom stereocenters. The Hall–Kier alpha value is -1.00. The van der Waals surface area contributed by atoms with E-state index in [9.17, 15) is 8.78 Å². The summed E-state index contributed by atoms with van der Waals surface area (Å²) in [6.45, 7) is 0. The van der Waals surface area contributed by atoms with E-state index in [1.165, 1.54) is 5.32 Å². The number of aliphatic imine (C=N–C) groups is 1. The largest absolute Gasteiger partial charge is 0.284 e. The Bertz CT molecular complexity index is 120. The van der Waals surface area contributed by atoms with Crippen molar-refractivity contribution in [3.8, 4) is 0 Å². The molecule has 3 nitrogen and oxygen atoms in total. The van der Waals surface area contributed by atoms with E-state index in [4.69, 9.17) is 5.41 Å². The van der Waals surface area contributed by atoms with Crippen LogP contribution in [0.1, 0.15) is 0 Å². The fourth-order valence-corrected chi connectivity index (χ4v) is 0.146. The van der Waals surface area contributed by atoms with Crippen LogP contribution in [-0.4, -0.2) is 19.2 Å². The predicted molar refractivity (Wildman–Crippen MR) is 26.4 cm³/mol. The van der Waals surface area contributed by atoms with Crippen LogP contribution in [0.3, 0.4) is 0 Å². The molecule has 0 aromatic heterocycles. The molecule has 0 radical (unpaired) electrons. The topological polar surface area (TPSA) is 48.2 Å². The van der Waals surface area contributed by atoms with Gasteiger partial charge in [-0.25, -0.2) is 4.99 Å². The van der Waals surface area contributed by atoms with Crippen molar-refractivity contribution in [3.63, 3.8) is 0 Å². The van der Waals surface area contributed by atoms with Crippen LogP contribution in [0.2, 0.25) is 0 Å². The summed E-state index contributed by atoms with van der Waals surface area (Å²) >= 11 is 0. The first-order valence-corrected chi connectivity index (χ1v) is 1.80. The quantitative estimate of drug-likeness (QED) is 0.272. The Kier molecular flexibility index (Phi) is 2.68. The van der Waals surface area contributed by atoms with Gasteiger partial charge < -0.3 is 0 Å². The second-order valence-corrected chi connectivity index (χ2v) is 0.953. The zero-order chi connectivity index (χ0) is 6.57. The van der Waals surface area contributed by atoms with Crippen molar-refractivity contribution in [2.24, 2.45) is 4.99 Å². The molecule has 0 saturated carbocycles. The lowest BCUT2D eigenvalue weighted by molar-refractivity contribution is 0.709. The van der Waals surface area contributed by atoms with Gasteiger partial charge in [0.25, 0.3) is 12.2 Å². The van der Waals surface area contributed by atoms with Crippen LogP contribution in [0.4, 0.5) is 8.78 Å². The highest BCUT2D eigenvalue weighted by Gasteiger charge is 1.94. The normalized spacial score (nSPS) is 11.1. The molecule has 0 amide bonds. The monoisotopic (exact) mass is 121 g/mol. The molecule has 0 heterocycles. The van der Waals surface area contributed by atoms with Crippen LogP contribution in [0.25, 0.3) is 0 Å². The highest BCUT2D eigenvalue weighted by Crippen LogP contribution is 1.73. The molecule has 0 aliphatic rings. The molecule has 46 valence electrons. The van der Waals surface area contributed by atoms with Crippen molar-refractivity contribution in [3.05, 3.63) is 0 Å². The minimum Gasteiger partial charge on any atom is -0.277 e. The zero-order valence-electron chi connectivity index (χ0n) is 4.20. The van der Waals surface area contributed by atoms with Gasteiger partial charge in [0.2, 0.25) is 0 Å². The lowest BCUT2D eigenvalue weighted by Crippen LogP contribution is -2.22. The molecular formula is C3H5F2N3. The van der Waals surface area contributed by atoms with Crippen molar-refractivity contribution in [2.45, 2.75) is 0 Å². The van der Waals surface area contributed by atoms with Crippen molar-refractivity contribution < 1.29 is 8.78 Å². The SMILES string of the molecule is CN=C(F)NC(=N)F. The van der Waals surface area contributed by atoms with Crippen LogP contribution >= 0.6 is 0 Å². The molecule has 5 heteroatoms. The minimum absolute atomic E-state index is 1.10. The van der Waals surface area contributed by atoms with Crippen molar-refractivity contribution in [1.29, 1.82) is 5.41 Å². The Morgan fingerprint density at radius 1 is 1.62 bits per heavy atom. The van der Waals surface area contributed by atoms with E-state index in [2.05, 4.69) is 4.99 Å². The van der Waals surface area contributed by atoms with E-state index in [0.29, 0.717) is 0 Å². The molecule has 0 saturated heterocycles. The van der Waals surface area contributed by atoms with Crippen molar-refractivity contribution in [1.82, 2.24) is 5.32 Å². The molecule has 0 atom stereocenters. The maximum Gasteiger partial charge on any atom is 0.284 e. The van der Waals surface area contributed by atoms with Gasteiger partial charge in [-0.05, 0) is 0 Å². The summed E-state index contributed by atoms with van der Waals surface area (Å²) in [5.74, 6) is 0. The summed E-state index contributed by atoms with van der Waals surface area (Å²) in [6, 6.07) is 0. The van der Waals surface area contributed by atoms with Gasteiger partial charge in [-0.15, -0.1) is 0 Å². The number of hydrogen-bond acceptors (Lipinski definition) is 2. The lowest BCUT2D eigenvalue weighted by atomic mass is 11.0. The van der Waals surface area contributed by atoms with Crippen molar-refractivity contribution >= 4 is 12.2 Å². The molecule has 0 fully saturated rings. The Labute approximate surface area is 44.9 Å². The average molecular weight is 121 g/mol. The maximum absolute atomic E-state index is 11.6. The number of amidine groups is 2. The third-order valence-electron chi connectivity index (χ3n) is 0.409. The number of halogens is 2. The second kappa shape index (κ2) is 3.06. The van der Waals surface area contributed by atoms with Gasteiger partial charge in [-0.1, -0.05) is 0 Å². The van der Waals surface area contributed by atoms with E-state index in [1.54, 1.807) is 0 Å². The third kappa shape index (κ3) is 3.20. The number of nitrogens with zero attached hydrogens (tertiary/aromatic N) is 1. The van der Waals surface area contributed by atoms with Crippen LogP contribution in [-0.2, 0) is 0 Å². The highest BCUT2D eigenvalue weighted by atomic mass is 19.1. The fourth-order valence-electron chi connectivity index (χ4n) is 0.146. The Balaban J connectivity index is 3.56. The molecule has 0 bridgehead atoms. The van der Waals surface area contributed by atoms with Gasteiger partial charge in [-0.3, -0.25) is 10.7 Å². The first-order chi connectivity index (χ1) is 3.66. The third-order valence-corrected chi connectivity index (χ3v) is 0.409. The number of rotatable bonds is 0. The maximum atomic E-state index is 11.6. The van der Waals surface area contributed by atoms with Gasteiger partial charge in [0, 0.05) is 7.05 Å². The second-order valence-electron chi connectivity index (χ2n) is 0.953. The van der Waals surface area contributed by atoms with E-state index < -0.39 is 12.2 Å². The van der Waals surface area contributed by atoms with Gasteiger partial charge in [-0.2, -0.15) is 8.78 Å². The van der Waals surface area contributed by atoms with Crippen LogP contribution in [0, 0.1) is 5.41 Å². The molecule has 0 spiro atoms. The summed E-state index contributed by atoms with van der Waals surface area (Å²) in [4.78, 5) is 2.89. The standard InChI is InChI=1S/C3H5F2N3/c1-7-3(5)8-2(4)6/h1H3,(H2,6,7,8). The van der Waals surface area contributed by atoms with Crippen LogP contribution in [0.15, 0.2) is 4.99 Å². The Morgan fingerprint density at radius 2 is 2.12 bits per heavy atom. The summed E-state index contributed by atoms with van der Waals surface area (Å²) in [5, 5.41) is 7.42. The molecule has 0 aromatic carbocycles. The predicted octanol–water partition coefficient (Wildman–Crippen LogP) is 0.436. The van der Waals surface area contributed by atoms with E-state index in [-0.39, 0.29) is 0 Å².